The second-order valence-electron chi connectivity index (χ2n) is 8.10. The molecule has 0 nitrogen and oxygen atoms in total. The van der Waals surface area contributed by atoms with Gasteiger partial charge >= 0.3 is 0 Å². The van der Waals surface area contributed by atoms with Crippen molar-refractivity contribution in [3.05, 3.63) is 208 Å². The van der Waals surface area contributed by atoms with E-state index in [1.807, 2.05) is 125 Å². The Kier molecular flexibility index (Phi) is 40.3. The van der Waals surface area contributed by atoms with E-state index in [9.17, 15) is 0 Å². The predicted molar refractivity (Wildman–Crippen MR) is 208 cm³/mol. The van der Waals surface area contributed by atoms with Gasteiger partial charge in [0.15, 0.2) is 0 Å². The van der Waals surface area contributed by atoms with Gasteiger partial charge in [-0.25, -0.2) is 0 Å². The Morgan fingerprint density at radius 1 is 0.386 bits per heavy atom. The molecule has 0 bridgehead atoms. The summed E-state index contributed by atoms with van der Waals surface area (Å²) in [6, 6.07) is 40.8. The minimum Gasteiger partial charge on any atom is -0.106 e. The van der Waals surface area contributed by atoms with Crippen LogP contribution in [0.2, 0.25) is 0 Å². The minimum atomic E-state index is 0.473. The van der Waals surface area contributed by atoms with Crippen LogP contribution in [0.25, 0.3) is 12.2 Å². The molecule has 4 rings (SSSR count). The van der Waals surface area contributed by atoms with Crippen LogP contribution >= 0.6 is 0 Å². The summed E-state index contributed by atoms with van der Waals surface area (Å²) in [5.41, 5.74) is 5.01. The molecule has 0 spiro atoms. The van der Waals surface area contributed by atoms with Crippen LogP contribution in [0.1, 0.15) is 75.6 Å². The Hall–Kier alpha value is -4.68. The zero-order valence-corrected chi connectivity index (χ0v) is 28.7. The quantitative estimate of drug-likeness (QED) is 0.197. The van der Waals surface area contributed by atoms with Crippen molar-refractivity contribution < 1.29 is 0 Å². The molecule has 0 aromatic heterocycles. The summed E-state index contributed by atoms with van der Waals surface area (Å²) in [5, 5.41) is 0. The third-order valence-corrected chi connectivity index (χ3v) is 5.43. The third-order valence-electron chi connectivity index (χ3n) is 5.43. The fraction of sp³-hybridized carbons (Fsp3) is 0.182. The molecule has 0 N–H and O–H groups in total. The summed E-state index contributed by atoms with van der Waals surface area (Å²) in [5.74, 6) is 0.947. The summed E-state index contributed by atoms with van der Waals surface area (Å²) in [6.07, 6.45) is 7.57. The van der Waals surface area contributed by atoms with Crippen molar-refractivity contribution in [2.45, 2.75) is 53.4 Å². The first kappa shape index (κ1) is 46.3. The van der Waals surface area contributed by atoms with Crippen LogP contribution in [-0.2, 0) is 0 Å². The van der Waals surface area contributed by atoms with E-state index in [1.165, 1.54) is 22.3 Å². The Morgan fingerprint density at radius 2 is 0.591 bits per heavy atom. The highest BCUT2D eigenvalue weighted by Gasteiger charge is 1.97. The van der Waals surface area contributed by atoms with Gasteiger partial charge in [-0.05, 0) is 34.1 Å². The van der Waals surface area contributed by atoms with Crippen LogP contribution in [0.3, 0.4) is 0 Å². The lowest BCUT2D eigenvalue weighted by molar-refractivity contribution is 0.971. The van der Waals surface area contributed by atoms with Crippen molar-refractivity contribution in [2.24, 2.45) is 0 Å². The summed E-state index contributed by atoms with van der Waals surface area (Å²) in [6.45, 7) is 39.0. The average Bonchev–Trinajstić information content (AvgIpc) is 3.16. The first-order chi connectivity index (χ1) is 21.5. The molecule has 0 saturated heterocycles. The molecule has 4 aromatic carbocycles. The van der Waals surface area contributed by atoms with Gasteiger partial charge in [-0.15, -0.1) is 39.5 Å². The van der Waals surface area contributed by atoms with Crippen LogP contribution < -0.4 is 0 Å². The Labute approximate surface area is 273 Å². The number of rotatable bonds is 6. The second-order valence-corrected chi connectivity index (χ2v) is 8.10. The van der Waals surface area contributed by atoms with Gasteiger partial charge in [0.05, 0.1) is 0 Å². The molecule has 0 amide bonds. The minimum absolute atomic E-state index is 0.473. The van der Waals surface area contributed by atoms with E-state index in [0.29, 0.717) is 11.8 Å². The fourth-order valence-corrected chi connectivity index (χ4v) is 2.96. The number of allylic oxidation sites excluding steroid dienone is 2. The third kappa shape index (κ3) is 26.2. The van der Waals surface area contributed by atoms with Crippen LogP contribution in [0.5, 0.6) is 0 Å². The van der Waals surface area contributed by atoms with Crippen LogP contribution in [0, 0.1) is 0 Å². The molecule has 0 aliphatic heterocycles. The van der Waals surface area contributed by atoms with Gasteiger partial charge in [-0.1, -0.05) is 200 Å². The molecule has 4 aromatic rings. The predicted octanol–water partition coefficient (Wildman–Crippen LogP) is 14.3. The molecule has 236 valence electrons. The number of benzene rings is 4. The van der Waals surface area contributed by atoms with E-state index in [1.54, 1.807) is 0 Å². The molecule has 0 aliphatic rings. The van der Waals surface area contributed by atoms with Gasteiger partial charge in [-0.2, -0.15) is 0 Å². The van der Waals surface area contributed by atoms with E-state index in [4.69, 9.17) is 0 Å². The van der Waals surface area contributed by atoms with Gasteiger partial charge in [0.25, 0.3) is 0 Å². The average molecular weight is 589 g/mol. The van der Waals surface area contributed by atoms with Crippen molar-refractivity contribution in [3.63, 3.8) is 0 Å². The fourth-order valence-electron chi connectivity index (χ4n) is 2.96. The maximum atomic E-state index is 3.74. The molecule has 2 atom stereocenters. The lowest BCUT2D eigenvalue weighted by Crippen LogP contribution is -1.85. The van der Waals surface area contributed by atoms with Gasteiger partial charge < -0.3 is 0 Å². The summed E-state index contributed by atoms with van der Waals surface area (Å²) < 4.78 is 0. The maximum absolute atomic E-state index is 3.74. The largest absolute Gasteiger partial charge is 0.106 e. The van der Waals surface area contributed by atoms with E-state index in [2.05, 4.69) is 115 Å². The molecule has 0 radical (unpaired) electrons. The lowest BCUT2D eigenvalue weighted by atomic mass is 10.0. The van der Waals surface area contributed by atoms with Crippen molar-refractivity contribution in [1.82, 2.24) is 0 Å². The van der Waals surface area contributed by atoms with Crippen LogP contribution in [-0.4, -0.2) is 0 Å². The molecule has 0 aliphatic carbocycles. The first-order valence-electron chi connectivity index (χ1n) is 15.3. The molecular formula is C44H60. The first-order valence-corrected chi connectivity index (χ1v) is 15.3. The standard InChI is InChI=1S/2C10H12.2C8H8.2C2H6.2C2H4/c2*1-3-9(2)10-7-5-4-6-8-10;2*1-2-8-6-4-3-5-7-8;4*1-2/h2*3-9H,1H2,2H3;2*2-7H,1H2;2*1-2H3;2*1-2H2. The lowest BCUT2D eigenvalue weighted by Gasteiger charge is -2.03. The Bertz CT molecular complexity index is 1030. The monoisotopic (exact) mass is 588 g/mol. The summed E-state index contributed by atoms with van der Waals surface area (Å²) in [4.78, 5) is 0. The van der Waals surface area contributed by atoms with Gasteiger partial charge in [0.1, 0.15) is 0 Å². The molecular weight excluding hydrogens is 528 g/mol. The molecule has 0 fully saturated rings. The summed E-state index contributed by atoms with van der Waals surface area (Å²) >= 11 is 0. The van der Waals surface area contributed by atoms with Crippen molar-refractivity contribution in [3.8, 4) is 0 Å². The highest BCUT2D eigenvalue weighted by atomic mass is 14.0. The van der Waals surface area contributed by atoms with Gasteiger partial charge in [0, 0.05) is 0 Å². The van der Waals surface area contributed by atoms with Gasteiger partial charge in [0.2, 0.25) is 0 Å². The zero-order valence-electron chi connectivity index (χ0n) is 28.7. The second kappa shape index (κ2) is 38.3. The normalized spacial score (nSPS) is 9.23. The molecule has 44 heavy (non-hydrogen) atoms. The zero-order chi connectivity index (χ0) is 34.4. The van der Waals surface area contributed by atoms with E-state index >= 15 is 0 Å². The van der Waals surface area contributed by atoms with Crippen LogP contribution in [0.4, 0.5) is 0 Å². The number of hydrogen-bond acceptors (Lipinski definition) is 0. The SMILES string of the molecule is C=C.C=C.C=CC(C)c1ccccc1.C=CC(C)c1ccccc1.C=Cc1ccccc1.C=Cc1ccccc1.CC.CC. The molecule has 0 heteroatoms. The van der Waals surface area contributed by atoms with E-state index in [-0.39, 0.29) is 0 Å². The van der Waals surface area contributed by atoms with Gasteiger partial charge in [-0.3, -0.25) is 0 Å². The molecule has 0 saturated carbocycles. The van der Waals surface area contributed by atoms with Crippen LogP contribution in [0.15, 0.2) is 186 Å². The summed E-state index contributed by atoms with van der Waals surface area (Å²) in [7, 11) is 0. The number of hydrogen-bond donors (Lipinski definition) is 0. The highest BCUT2D eigenvalue weighted by molar-refractivity contribution is 5.46. The van der Waals surface area contributed by atoms with Crippen molar-refractivity contribution in [1.29, 1.82) is 0 Å². The molecule has 2 unspecified atom stereocenters. The van der Waals surface area contributed by atoms with E-state index < -0.39 is 0 Å². The van der Waals surface area contributed by atoms with E-state index in [0.717, 1.165) is 0 Å². The van der Waals surface area contributed by atoms with Crippen molar-refractivity contribution in [2.75, 3.05) is 0 Å². The Morgan fingerprint density at radius 3 is 0.750 bits per heavy atom. The maximum Gasteiger partial charge on any atom is -0.00131 e. The smallest absolute Gasteiger partial charge is 0.00131 e. The highest BCUT2D eigenvalue weighted by Crippen LogP contribution is 2.14. The topological polar surface area (TPSA) is 0 Å². The van der Waals surface area contributed by atoms with Crippen molar-refractivity contribution >= 4 is 12.2 Å². The molecule has 0 heterocycles. The Balaban J connectivity index is -0.000000226.